The molecule has 1 aromatic carbocycles. The summed E-state index contributed by atoms with van der Waals surface area (Å²) in [5.74, 6) is -0.388. The summed E-state index contributed by atoms with van der Waals surface area (Å²) in [6, 6.07) is 8.18. The molecule has 0 atom stereocenters. The highest BCUT2D eigenvalue weighted by Crippen LogP contribution is 2.13. The third kappa shape index (κ3) is 4.14. The Morgan fingerprint density at radius 2 is 1.95 bits per heavy atom. The van der Waals surface area contributed by atoms with Crippen LogP contribution < -0.4 is 4.90 Å². The third-order valence-corrected chi connectivity index (χ3v) is 3.09. The van der Waals surface area contributed by atoms with Gasteiger partial charge in [-0.25, -0.2) is 14.8 Å². The van der Waals surface area contributed by atoms with Crippen LogP contribution >= 0.6 is 0 Å². The quantitative estimate of drug-likeness (QED) is 0.854. The van der Waals surface area contributed by atoms with E-state index in [4.69, 9.17) is 5.11 Å². The molecule has 1 aromatic heterocycles. The second kappa shape index (κ2) is 6.65. The predicted molar refractivity (Wildman–Crippen MR) is 82.0 cm³/mol. The molecule has 1 heterocycles. The van der Waals surface area contributed by atoms with Crippen LogP contribution in [0.1, 0.15) is 16.7 Å². The molecule has 5 nitrogen and oxygen atoms in total. The van der Waals surface area contributed by atoms with Crippen molar-refractivity contribution in [2.45, 2.75) is 13.5 Å². The Kier molecular flexibility index (Phi) is 4.66. The average Bonchev–Trinajstić information content (AvgIpc) is 2.48. The zero-order chi connectivity index (χ0) is 15.2. The van der Waals surface area contributed by atoms with Gasteiger partial charge in [0.1, 0.15) is 0 Å². The fraction of sp³-hybridized carbons (Fsp3) is 0.188. The van der Waals surface area contributed by atoms with Crippen molar-refractivity contribution in [1.29, 1.82) is 0 Å². The Morgan fingerprint density at radius 3 is 2.57 bits per heavy atom. The summed E-state index contributed by atoms with van der Waals surface area (Å²) in [6.07, 6.45) is 5.75. The monoisotopic (exact) mass is 283 g/mol. The largest absolute Gasteiger partial charge is 0.478 e. The number of aromatic nitrogens is 2. The van der Waals surface area contributed by atoms with Crippen molar-refractivity contribution in [1.82, 2.24) is 9.97 Å². The van der Waals surface area contributed by atoms with E-state index >= 15 is 0 Å². The lowest BCUT2D eigenvalue weighted by Gasteiger charge is -2.18. The number of benzene rings is 1. The summed E-state index contributed by atoms with van der Waals surface area (Å²) in [7, 11) is 1.93. The van der Waals surface area contributed by atoms with Gasteiger partial charge in [0.2, 0.25) is 5.95 Å². The zero-order valence-corrected chi connectivity index (χ0v) is 12.0. The molecule has 0 bridgehead atoms. The van der Waals surface area contributed by atoms with Gasteiger partial charge in [0, 0.05) is 37.6 Å². The number of rotatable bonds is 5. The SMILES string of the molecule is Cc1ccccc1CN(C)c1ncc(/C=C/C(=O)O)cn1. The van der Waals surface area contributed by atoms with Gasteiger partial charge in [-0.3, -0.25) is 0 Å². The average molecular weight is 283 g/mol. The lowest BCUT2D eigenvalue weighted by molar-refractivity contribution is -0.131. The Hall–Kier alpha value is -2.69. The molecule has 0 saturated heterocycles. The minimum atomic E-state index is -0.990. The molecule has 5 heteroatoms. The molecule has 2 aromatic rings. The van der Waals surface area contributed by atoms with E-state index in [1.54, 1.807) is 12.4 Å². The van der Waals surface area contributed by atoms with Crippen LogP contribution in [0, 0.1) is 6.92 Å². The first kappa shape index (κ1) is 14.7. The highest BCUT2D eigenvalue weighted by molar-refractivity contribution is 5.85. The van der Waals surface area contributed by atoms with E-state index in [1.807, 2.05) is 24.1 Å². The van der Waals surface area contributed by atoms with Gasteiger partial charge in [-0.05, 0) is 24.1 Å². The van der Waals surface area contributed by atoms with Gasteiger partial charge in [-0.15, -0.1) is 0 Å². The molecule has 0 aliphatic heterocycles. The summed E-state index contributed by atoms with van der Waals surface area (Å²) in [4.78, 5) is 20.9. The number of carbonyl (C=O) groups is 1. The predicted octanol–water partition coefficient (Wildman–Crippen LogP) is 2.52. The Balaban J connectivity index is 2.08. The highest BCUT2D eigenvalue weighted by atomic mass is 16.4. The summed E-state index contributed by atoms with van der Waals surface area (Å²) in [5, 5.41) is 8.57. The summed E-state index contributed by atoms with van der Waals surface area (Å²) in [5.41, 5.74) is 3.11. The minimum absolute atomic E-state index is 0.603. The number of nitrogens with zero attached hydrogens (tertiary/aromatic N) is 3. The number of carboxylic acid groups (broad SMARTS) is 1. The minimum Gasteiger partial charge on any atom is -0.478 e. The van der Waals surface area contributed by atoms with Crippen molar-refractivity contribution in [3.8, 4) is 0 Å². The van der Waals surface area contributed by atoms with E-state index < -0.39 is 5.97 Å². The molecular weight excluding hydrogens is 266 g/mol. The molecular formula is C16H17N3O2. The van der Waals surface area contributed by atoms with Gasteiger partial charge in [-0.2, -0.15) is 0 Å². The maximum Gasteiger partial charge on any atom is 0.328 e. The van der Waals surface area contributed by atoms with Crippen molar-refractivity contribution in [3.05, 3.63) is 59.4 Å². The first-order valence-electron chi connectivity index (χ1n) is 6.55. The molecule has 0 aliphatic rings. The molecule has 0 saturated carbocycles. The molecule has 0 radical (unpaired) electrons. The van der Waals surface area contributed by atoms with E-state index in [0.717, 1.165) is 12.6 Å². The second-order valence-corrected chi connectivity index (χ2v) is 4.77. The van der Waals surface area contributed by atoms with E-state index in [-0.39, 0.29) is 0 Å². The lowest BCUT2D eigenvalue weighted by Crippen LogP contribution is -2.19. The van der Waals surface area contributed by atoms with Crippen LogP contribution in [0.5, 0.6) is 0 Å². The van der Waals surface area contributed by atoms with Crippen LogP contribution in [0.2, 0.25) is 0 Å². The molecule has 0 spiro atoms. The fourth-order valence-electron chi connectivity index (χ4n) is 1.90. The summed E-state index contributed by atoms with van der Waals surface area (Å²) < 4.78 is 0. The van der Waals surface area contributed by atoms with Crippen LogP contribution in [0.4, 0.5) is 5.95 Å². The molecule has 21 heavy (non-hydrogen) atoms. The smallest absolute Gasteiger partial charge is 0.328 e. The number of hydrogen-bond acceptors (Lipinski definition) is 4. The Morgan fingerprint density at radius 1 is 1.29 bits per heavy atom. The topological polar surface area (TPSA) is 66.3 Å². The Labute approximate surface area is 123 Å². The van der Waals surface area contributed by atoms with Gasteiger partial charge in [0.25, 0.3) is 0 Å². The van der Waals surface area contributed by atoms with E-state index in [0.29, 0.717) is 11.5 Å². The van der Waals surface area contributed by atoms with Crippen molar-refractivity contribution in [2.24, 2.45) is 0 Å². The van der Waals surface area contributed by atoms with Crippen molar-refractivity contribution < 1.29 is 9.90 Å². The number of carboxylic acids is 1. The van der Waals surface area contributed by atoms with Gasteiger partial charge in [0.15, 0.2) is 0 Å². The molecule has 2 rings (SSSR count). The van der Waals surface area contributed by atoms with Crippen LogP contribution in [-0.4, -0.2) is 28.1 Å². The number of aliphatic carboxylic acids is 1. The molecule has 1 N–H and O–H groups in total. The molecule has 0 aliphatic carbocycles. The third-order valence-electron chi connectivity index (χ3n) is 3.09. The maximum absolute atomic E-state index is 10.4. The normalized spacial score (nSPS) is 10.8. The standard InChI is InChI=1S/C16H17N3O2/c1-12-5-3-4-6-14(12)11-19(2)16-17-9-13(10-18-16)7-8-15(20)21/h3-10H,11H2,1-2H3,(H,20,21)/b8-7+. The van der Waals surface area contributed by atoms with E-state index in [1.165, 1.54) is 17.2 Å². The first-order valence-corrected chi connectivity index (χ1v) is 6.55. The first-order chi connectivity index (χ1) is 10.1. The maximum atomic E-state index is 10.4. The number of hydrogen-bond donors (Lipinski definition) is 1. The van der Waals surface area contributed by atoms with Gasteiger partial charge < -0.3 is 10.0 Å². The van der Waals surface area contributed by atoms with Crippen LogP contribution in [0.25, 0.3) is 6.08 Å². The number of anilines is 1. The van der Waals surface area contributed by atoms with Crippen molar-refractivity contribution in [3.63, 3.8) is 0 Å². The van der Waals surface area contributed by atoms with E-state index in [2.05, 4.69) is 29.0 Å². The van der Waals surface area contributed by atoms with Gasteiger partial charge in [-0.1, -0.05) is 24.3 Å². The summed E-state index contributed by atoms with van der Waals surface area (Å²) >= 11 is 0. The highest BCUT2D eigenvalue weighted by Gasteiger charge is 2.06. The van der Waals surface area contributed by atoms with Gasteiger partial charge >= 0.3 is 5.97 Å². The van der Waals surface area contributed by atoms with Crippen LogP contribution in [-0.2, 0) is 11.3 Å². The molecule has 0 unspecified atom stereocenters. The number of aryl methyl sites for hydroxylation is 1. The molecule has 0 amide bonds. The molecule has 0 fully saturated rings. The summed E-state index contributed by atoms with van der Waals surface area (Å²) in [6.45, 7) is 2.79. The fourth-order valence-corrected chi connectivity index (χ4v) is 1.90. The molecule has 108 valence electrons. The lowest BCUT2D eigenvalue weighted by atomic mass is 10.1. The zero-order valence-electron chi connectivity index (χ0n) is 12.0. The Bertz CT molecular complexity index is 651. The van der Waals surface area contributed by atoms with Crippen LogP contribution in [0.3, 0.4) is 0 Å². The van der Waals surface area contributed by atoms with Crippen LogP contribution in [0.15, 0.2) is 42.7 Å². The van der Waals surface area contributed by atoms with Crippen molar-refractivity contribution >= 4 is 18.0 Å². The second-order valence-electron chi connectivity index (χ2n) is 4.77. The van der Waals surface area contributed by atoms with Crippen molar-refractivity contribution in [2.75, 3.05) is 11.9 Å². The van der Waals surface area contributed by atoms with E-state index in [9.17, 15) is 4.79 Å². The van der Waals surface area contributed by atoms with Gasteiger partial charge in [0.05, 0.1) is 0 Å².